The lowest BCUT2D eigenvalue weighted by molar-refractivity contribution is -0.154. The zero-order valence-corrected chi connectivity index (χ0v) is 18.4. The third-order valence-electron chi connectivity index (χ3n) is 7.58. The second kappa shape index (κ2) is 8.13. The van der Waals surface area contributed by atoms with Crippen LogP contribution in [0.2, 0.25) is 0 Å². The van der Waals surface area contributed by atoms with Gasteiger partial charge in [0.25, 0.3) is 5.91 Å². The van der Waals surface area contributed by atoms with E-state index in [1.54, 1.807) is 6.92 Å². The summed E-state index contributed by atoms with van der Waals surface area (Å²) in [4.78, 5) is 38.9. The van der Waals surface area contributed by atoms with Gasteiger partial charge in [0.15, 0.2) is 16.4 Å². The SMILES string of the molecule is CCN(C(=O)COC(=O)CNC(=O)C12CC3CC(CC(C3)C1)C2)[C@H]1CCS(=O)(=O)C1. The van der Waals surface area contributed by atoms with Crippen molar-refractivity contribution in [1.82, 2.24) is 10.2 Å². The first kappa shape index (κ1) is 21.6. The van der Waals surface area contributed by atoms with Gasteiger partial charge in [0.1, 0.15) is 6.54 Å². The highest BCUT2D eigenvalue weighted by Gasteiger charge is 2.54. The zero-order valence-electron chi connectivity index (χ0n) is 17.6. The lowest BCUT2D eigenvalue weighted by Crippen LogP contribution is -2.54. The van der Waals surface area contributed by atoms with Gasteiger partial charge in [-0.05, 0) is 69.6 Å². The van der Waals surface area contributed by atoms with E-state index in [4.69, 9.17) is 4.74 Å². The van der Waals surface area contributed by atoms with Crippen molar-refractivity contribution in [3.8, 4) is 0 Å². The fraction of sp³-hybridized carbons (Fsp3) is 0.857. The quantitative estimate of drug-likeness (QED) is 0.589. The number of rotatable bonds is 7. The normalized spacial score (nSPS) is 35.8. The molecule has 4 aliphatic carbocycles. The molecule has 9 heteroatoms. The van der Waals surface area contributed by atoms with Crippen LogP contribution in [0.4, 0.5) is 0 Å². The van der Waals surface area contributed by atoms with Crippen LogP contribution >= 0.6 is 0 Å². The Morgan fingerprint density at radius 2 is 1.67 bits per heavy atom. The molecule has 30 heavy (non-hydrogen) atoms. The van der Waals surface area contributed by atoms with Crippen LogP contribution in [0.3, 0.4) is 0 Å². The average molecular weight is 441 g/mol. The van der Waals surface area contributed by atoms with Gasteiger partial charge in [-0.15, -0.1) is 0 Å². The van der Waals surface area contributed by atoms with Gasteiger partial charge in [0, 0.05) is 18.0 Å². The summed E-state index contributed by atoms with van der Waals surface area (Å²) in [5.41, 5.74) is -0.322. The van der Waals surface area contributed by atoms with Crippen LogP contribution < -0.4 is 5.32 Å². The third-order valence-corrected chi connectivity index (χ3v) is 9.33. The van der Waals surface area contributed by atoms with Gasteiger partial charge in [-0.1, -0.05) is 0 Å². The average Bonchev–Trinajstić information content (AvgIpc) is 3.03. The molecule has 4 bridgehead atoms. The lowest BCUT2D eigenvalue weighted by atomic mass is 9.49. The molecule has 1 N–H and O–H groups in total. The second-order valence-corrected chi connectivity index (χ2v) is 12.0. The molecular formula is C21H32N2O6S. The van der Waals surface area contributed by atoms with Crippen molar-refractivity contribution >= 4 is 27.6 Å². The van der Waals surface area contributed by atoms with Gasteiger partial charge >= 0.3 is 5.97 Å². The van der Waals surface area contributed by atoms with Gasteiger partial charge in [-0.2, -0.15) is 0 Å². The van der Waals surface area contributed by atoms with E-state index in [2.05, 4.69) is 5.32 Å². The van der Waals surface area contributed by atoms with Crippen molar-refractivity contribution < 1.29 is 27.5 Å². The molecule has 5 aliphatic rings. The largest absolute Gasteiger partial charge is 0.454 e. The first-order valence-electron chi connectivity index (χ1n) is 11.1. The highest BCUT2D eigenvalue weighted by Crippen LogP contribution is 2.60. The Balaban J connectivity index is 1.23. The Morgan fingerprint density at radius 1 is 1.07 bits per heavy atom. The van der Waals surface area contributed by atoms with Crippen LogP contribution in [0.15, 0.2) is 0 Å². The summed E-state index contributed by atoms with van der Waals surface area (Å²) in [6, 6.07) is -0.359. The molecule has 4 saturated carbocycles. The van der Waals surface area contributed by atoms with Crippen molar-refractivity contribution in [3.63, 3.8) is 0 Å². The van der Waals surface area contributed by atoms with E-state index in [1.165, 1.54) is 24.2 Å². The molecule has 168 valence electrons. The number of nitrogens with zero attached hydrogens (tertiary/aromatic N) is 1. The van der Waals surface area contributed by atoms with E-state index in [0.29, 0.717) is 30.7 Å². The second-order valence-electron chi connectivity index (χ2n) is 9.78. The number of esters is 1. The molecule has 0 aromatic heterocycles. The van der Waals surface area contributed by atoms with Crippen LogP contribution in [-0.4, -0.2) is 68.3 Å². The highest BCUT2D eigenvalue weighted by molar-refractivity contribution is 7.91. The maximum atomic E-state index is 12.9. The third kappa shape index (κ3) is 4.36. The van der Waals surface area contributed by atoms with E-state index < -0.39 is 28.3 Å². The van der Waals surface area contributed by atoms with E-state index in [0.717, 1.165) is 19.3 Å². The minimum Gasteiger partial charge on any atom is -0.454 e. The summed E-state index contributed by atoms with van der Waals surface area (Å²) in [6.07, 6.45) is 6.92. The number of sulfone groups is 1. The molecule has 5 fully saturated rings. The molecule has 0 radical (unpaired) electrons. The molecule has 1 heterocycles. The Bertz CT molecular complexity index is 788. The number of ether oxygens (including phenoxy) is 1. The summed E-state index contributed by atoms with van der Waals surface area (Å²) in [5.74, 6) is 0.885. The maximum Gasteiger partial charge on any atom is 0.325 e. The number of carbonyl (C=O) groups is 3. The Morgan fingerprint density at radius 3 is 2.17 bits per heavy atom. The van der Waals surface area contributed by atoms with E-state index in [1.807, 2.05) is 0 Å². The summed E-state index contributed by atoms with van der Waals surface area (Å²) < 4.78 is 28.4. The molecule has 2 amide bonds. The zero-order chi connectivity index (χ0) is 21.5. The molecule has 0 aromatic rings. The molecule has 5 rings (SSSR count). The van der Waals surface area contributed by atoms with Crippen LogP contribution in [0.1, 0.15) is 51.9 Å². The Kier molecular flexibility index (Phi) is 5.85. The van der Waals surface area contributed by atoms with E-state index in [-0.39, 0.29) is 35.4 Å². The first-order valence-corrected chi connectivity index (χ1v) is 13.0. The maximum absolute atomic E-state index is 12.9. The molecule has 1 saturated heterocycles. The summed E-state index contributed by atoms with van der Waals surface area (Å²) in [5, 5.41) is 2.75. The van der Waals surface area contributed by atoms with Gasteiger partial charge in [-0.25, -0.2) is 8.42 Å². The Labute approximate surface area is 178 Å². The molecule has 0 aromatic carbocycles. The van der Waals surface area contributed by atoms with Gasteiger partial charge < -0.3 is 15.0 Å². The molecule has 1 aliphatic heterocycles. The number of amides is 2. The first-order chi connectivity index (χ1) is 14.2. The van der Waals surface area contributed by atoms with Crippen molar-refractivity contribution in [3.05, 3.63) is 0 Å². The topological polar surface area (TPSA) is 110 Å². The van der Waals surface area contributed by atoms with Gasteiger partial charge in [0.2, 0.25) is 5.91 Å². The number of carbonyl (C=O) groups excluding carboxylic acids is 3. The lowest BCUT2D eigenvalue weighted by Gasteiger charge is -2.55. The van der Waals surface area contributed by atoms with Crippen LogP contribution in [-0.2, 0) is 29.0 Å². The number of hydrogen-bond acceptors (Lipinski definition) is 6. The monoisotopic (exact) mass is 440 g/mol. The van der Waals surface area contributed by atoms with E-state index in [9.17, 15) is 22.8 Å². The smallest absolute Gasteiger partial charge is 0.325 e. The van der Waals surface area contributed by atoms with Crippen molar-refractivity contribution in [2.45, 2.75) is 57.9 Å². The number of nitrogens with one attached hydrogen (secondary N) is 1. The molecule has 1 atom stereocenters. The molecule has 8 nitrogen and oxygen atoms in total. The summed E-state index contributed by atoms with van der Waals surface area (Å²) >= 11 is 0. The van der Waals surface area contributed by atoms with Crippen molar-refractivity contribution in [1.29, 1.82) is 0 Å². The number of likely N-dealkylation sites (N-methyl/N-ethyl adjacent to an activating group) is 1. The standard InChI is InChI=1S/C21H32N2O6S/c1-2-23(17-3-4-30(27,28)13-17)18(24)12-29-19(25)11-22-20(26)21-8-14-5-15(9-21)7-16(6-14)10-21/h14-17H,2-13H2,1H3,(H,22,26)/t14?,15?,16?,17-,21?/m0/s1. The minimum absolute atomic E-state index is 0.0400. The number of hydrogen-bond donors (Lipinski definition) is 1. The minimum atomic E-state index is -3.10. The van der Waals surface area contributed by atoms with Crippen LogP contribution in [0.25, 0.3) is 0 Å². The van der Waals surface area contributed by atoms with Crippen molar-refractivity contribution in [2.75, 3.05) is 31.2 Å². The molecular weight excluding hydrogens is 408 g/mol. The summed E-state index contributed by atoms with van der Waals surface area (Å²) in [7, 11) is -3.10. The van der Waals surface area contributed by atoms with Gasteiger partial charge in [0.05, 0.1) is 11.5 Å². The fourth-order valence-electron chi connectivity index (χ4n) is 6.66. The predicted molar refractivity (Wildman–Crippen MR) is 109 cm³/mol. The Hall–Kier alpha value is -1.64. The van der Waals surface area contributed by atoms with E-state index >= 15 is 0 Å². The summed E-state index contributed by atoms with van der Waals surface area (Å²) in [6.45, 7) is 1.46. The molecule has 0 unspecified atom stereocenters. The van der Waals surface area contributed by atoms with Crippen LogP contribution in [0, 0.1) is 23.2 Å². The fourth-order valence-corrected chi connectivity index (χ4v) is 8.39. The van der Waals surface area contributed by atoms with Crippen LogP contribution in [0.5, 0.6) is 0 Å². The predicted octanol–water partition coefficient (Wildman–Crippen LogP) is 0.898. The van der Waals surface area contributed by atoms with Gasteiger partial charge in [-0.3, -0.25) is 14.4 Å². The highest BCUT2D eigenvalue weighted by atomic mass is 32.2. The van der Waals surface area contributed by atoms with Crippen molar-refractivity contribution in [2.24, 2.45) is 23.2 Å². The molecule has 0 spiro atoms.